The molecule has 0 saturated heterocycles. The molecule has 4 nitrogen and oxygen atoms in total. The Labute approximate surface area is 117 Å². The van der Waals surface area contributed by atoms with Gasteiger partial charge in [-0.05, 0) is 44.4 Å². The van der Waals surface area contributed by atoms with Crippen molar-refractivity contribution < 1.29 is 9.59 Å². The maximum Gasteiger partial charge on any atom is 0.207 e. The van der Waals surface area contributed by atoms with Crippen molar-refractivity contribution in [2.75, 3.05) is 0 Å². The number of nitrogens with two attached hydrogens (primary N) is 1. The fourth-order valence-corrected chi connectivity index (χ4v) is 2.31. The minimum absolute atomic E-state index is 0.0128. The van der Waals surface area contributed by atoms with Crippen LogP contribution < -0.4 is 11.1 Å². The third-order valence-corrected chi connectivity index (χ3v) is 3.65. The van der Waals surface area contributed by atoms with E-state index in [9.17, 15) is 9.59 Å². The number of hydrogen-bond donors (Lipinski definition) is 2. The quantitative estimate of drug-likeness (QED) is 0.531. The zero-order chi connectivity index (χ0) is 14.7. The zero-order valence-corrected chi connectivity index (χ0v) is 12.2. The number of amides is 1. The monoisotopic (exact) mass is 268 g/mol. The third kappa shape index (κ3) is 8.76. The summed E-state index contributed by atoms with van der Waals surface area (Å²) in [5.41, 5.74) is 5.88. The molecule has 0 saturated carbocycles. The van der Waals surface area contributed by atoms with Crippen molar-refractivity contribution in [2.45, 2.75) is 64.5 Å². The number of rotatable bonds is 12. The first-order valence-electron chi connectivity index (χ1n) is 7.21. The summed E-state index contributed by atoms with van der Waals surface area (Å²) >= 11 is 0. The van der Waals surface area contributed by atoms with E-state index in [4.69, 9.17) is 12.7 Å². The van der Waals surface area contributed by atoms with Gasteiger partial charge in [0, 0.05) is 18.5 Å². The molecule has 2 radical (unpaired) electrons. The van der Waals surface area contributed by atoms with Crippen LogP contribution in [-0.4, -0.2) is 24.8 Å². The van der Waals surface area contributed by atoms with Gasteiger partial charge in [0.05, 0.1) is 0 Å². The Bertz CT molecular complexity index is 246. The van der Waals surface area contributed by atoms with Gasteiger partial charge in [-0.25, -0.2) is 0 Å². The van der Waals surface area contributed by atoms with E-state index in [1.807, 2.05) is 6.92 Å². The molecule has 0 aliphatic carbocycles. The molecule has 0 aromatic heterocycles. The number of carbonyl (C=O) groups is 2. The second kappa shape index (κ2) is 11.0. The number of nitrogens with one attached hydrogen (secondary N) is 1. The van der Waals surface area contributed by atoms with E-state index in [0.29, 0.717) is 25.2 Å². The first kappa shape index (κ1) is 18.1. The van der Waals surface area contributed by atoms with Crippen LogP contribution in [0.3, 0.4) is 0 Å². The maximum atomic E-state index is 10.7. The van der Waals surface area contributed by atoms with Gasteiger partial charge in [-0.1, -0.05) is 20.3 Å². The Balaban J connectivity index is 4.29. The minimum atomic E-state index is -0.0128. The topological polar surface area (TPSA) is 72.2 Å². The highest BCUT2D eigenvalue weighted by Gasteiger charge is 2.18. The zero-order valence-electron chi connectivity index (χ0n) is 12.2. The highest BCUT2D eigenvalue weighted by atomic mass is 16.1. The predicted molar refractivity (Wildman–Crippen MR) is 77.4 cm³/mol. The lowest BCUT2D eigenvalue weighted by Gasteiger charge is -2.25. The largest absolute Gasteiger partial charge is 0.356 e. The summed E-state index contributed by atoms with van der Waals surface area (Å²) in [6, 6.07) is 0.144. The van der Waals surface area contributed by atoms with Gasteiger partial charge in [0.15, 0.2) is 0 Å². The van der Waals surface area contributed by atoms with Gasteiger partial charge in [0.25, 0.3) is 0 Å². The molecule has 0 aromatic rings. The predicted octanol–water partition coefficient (Wildman–Crippen LogP) is 1.95. The van der Waals surface area contributed by atoms with Gasteiger partial charge in [0.1, 0.15) is 6.29 Å². The summed E-state index contributed by atoms with van der Waals surface area (Å²) in [7, 11) is 0. The Kier molecular flexibility index (Phi) is 10.5. The number of carbonyl (C=O) groups excluding carboxylic acids is 2. The van der Waals surface area contributed by atoms with E-state index in [-0.39, 0.29) is 18.0 Å². The molecule has 0 heterocycles. The van der Waals surface area contributed by atoms with Crippen molar-refractivity contribution in [2.24, 2.45) is 17.6 Å². The molecule has 0 spiro atoms. The normalized spacial score (nSPS) is 17.3. The van der Waals surface area contributed by atoms with Gasteiger partial charge >= 0.3 is 0 Å². The highest BCUT2D eigenvalue weighted by Crippen LogP contribution is 2.20. The maximum absolute atomic E-state index is 10.7. The van der Waals surface area contributed by atoms with Crippen molar-refractivity contribution >= 4 is 12.7 Å². The summed E-state index contributed by atoms with van der Waals surface area (Å²) in [6.45, 7) is 10.2. The van der Waals surface area contributed by atoms with Gasteiger partial charge in [-0.3, -0.25) is 4.79 Å². The summed E-state index contributed by atoms with van der Waals surface area (Å²) in [6.07, 6.45) is 6.30. The van der Waals surface area contributed by atoms with Crippen LogP contribution in [0.2, 0.25) is 0 Å². The van der Waals surface area contributed by atoms with Gasteiger partial charge in [0.2, 0.25) is 6.41 Å². The van der Waals surface area contributed by atoms with E-state index < -0.39 is 0 Å². The Morgan fingerprint density at radius 2 is 1.84 bits per heavy atom. The van der Waals surface area contributed by atoms with Crippen LogP contribution in [0.15, 0.2) is 0 Å². The van der Waals surface area contributed by atoms with Crippen molar-refractivity contribution in [3.63, 3.8) is 0 Å². The molecule has 4 heteroatoms. The van der Waals surface area contributed by atoms with Crippen molar-refractivity contribution in [3.8, 4) is 0 Å². The molecule has 110 valence electrons. The molecular weight excluding hydrogens is 240 g/mol. The van der Waals surface area contributed by atoms with Crippen molar-refractivity contribution in [3.05, 3.63) is 6.92 Å². The van der Waals surface area contributed by atoms with Gasteiger partial charge < -0.3 is 15.8 Å². The SMILES string of the molecule is [CH]C(CC(N)CC)CC(CC(CC)CC=O)NC=O. The second-order valence-electron chi connectivity index (χ2n) is 5.29. The van der Waals surface area contributed by atoms with E-state index in [2.05, 4.69) is 12.2 Å². The summed E-state index contributed by atoms with van der Waals surface area (Å²) in [5, 5.41) is 2.81. The van der Waals surface area contributed by atoms with Crippen LogP contribution in [0, 0.1) is 18.8 Å². The standard InChI is InChI=1S/C15H28N2O2/c1-4-13(6-7-18)10-15(17-11-19)9-12(3)8-14(16)5-2/h3,7,11-15H,4-6,8-10,16H2,1-2H3,(H,17,19). The smallest absolute Gasteiger partial charge is 0.207 e. The van der Waals surface area contributed by atoms with E-state index >= 15 is 0 Å². The lowest BCUT2D eigenvalue weighted by molar-refractivity contribution is -0.110. The molecule has 19 heavy (non-hydrogen) atoms. The van der Waals surface area contributed by atoms with Crippen molar-refractivity contribution in [1.29, 1.82) is 0 Å². The lowest BCUT2D eigenvalue weighted by atomic mass is 9.87. The molecule has 0 bridgehead atoms. The van der Waals surface area contributed by atoms with Crippen molar-refractivity contribution in [1.82, 2.24) is 5.32 Å². The van der Waals surface area contributed by atoms with Crippen LogP contribution >= 0.6 is 0 Å². The molecule has 3 N–H and O–H groups in total. The Morgan fingerprint density at radius 1 is 1.16 bits per heavy atom. The average molecular weight is 268 g/mol. The average Bonchev–Trinajstić information content (AvgIpc) is 2.37. The fourth-order valence-electron chi connectivity index (χ4n) is 2.31. The summed E-state index contributed by atoms with van der Waals surface area (Å²) in [5.74, 6) is 0.295. The molecule has 0 aromatic carbocycles. The summed E-state index contributed by atoms with van der Waals surface area (Å²) < 4.78 is 0. The van der Waals surface area contributed by atoms with Crippen LogP contribution in [0.25, 0.3) is 0 Å². The fraction of sp³-hybridized carbons (Fsp3) is 0.800. The van der Waals surface area contributed by atoms with E-state index in [1.54, 1.807) is 0 Å². The molecule has 0 aliphatic rings. The Morgan fingerprint density at radius 3 is 2.32 bits per heavy atom. The van der Waals surface area contributed by atoms with Crippen LogP contribution in [0.1, 0.15) is 52.4 Å². The Hall–Kier alpha value is -0.900. The van der Waals surface area contributed by atoms with E-state index in [1.165, 1.54) is 0 Å². The van der Waals surface area contributed by atoms with Crippen LogP contribution in [-0.2, 0) is 9.59 Å². The lowest BCUT2D eigenvalue weighted by Crippen LogP contribution is -2.33. The van der Waals surface area contributed by atoms with Gasteiger partial charge in [-0.2, -0.15) is 0 Å². The molecule has 0 fully saturated rings. The van der Waals surface area contributed by atoms with Crippen LogP contribution in [0.4, 0.5) is 0 Å². The van der Waals surface area contributed by atoms with E-state index in [0.717, 1.165) is 32.0 Å². The first-order valence-corrected chi connectivity index (χ1v) is 7.21. The second-order valence-corrected chi connectivity index (χ2v) is 5.29. The highest BCUT2D eigenvalue weighted by molar-refractivity contribution is 5.50. The third-order valence-electron chi connectivity index (χ3n) is 3.65. The number of hydrogen-bond acceptors (Lipinski definition) is 3. The van der Waals surface area contributed by atoms with Crippen LogP contribution in [0.5, 0.6) is 0 Å². The molecule has 4 atom stereocenters. The molecule has 0 rings (SSSR count). The first-order chi connectivity index (χ1) is 9.07. The minimum Gasteiger partial charge on any atom is -0.356 e. The molecular formula is C15H28N2O2. The number of aldehydes is 1. The molecule has 1 amide bonds. The molecule has 4 unspecified atom stereocenters. The van der Waals surface area contributed by atoms with Gasteiger partial charge in [-0.15, -0.1) is 0 Å². The molecule has 0 aliphatic heterocycles. The summed E-state index contributed by atoms with van der Waals surface area (Å²) in [4.78, 5) is 21.2.